The smallest absolute Gasteiger partial charge is 0.270 e. The monoisotopic (exact) mass is 388 g/mol. The Hall–Kier alpha value is -1.87. The topological polar surface area (TPSA) is 87.6 Å². The van der Waals surface area contributed by atoms with Gasteiger partial charge in [-0.15, -0.1) is 11.3 Å². The van der Waals surface area contributed by atoms with Gasteiger partial charge in [-0.05, 0) is 35.9 Å². The zero-order valence-electron chi connectivity index (χ0n) is 15.1. The lowest BCUT2D eigenvalue weighted by atomic mass is 10.0. The van der Waals surface area contributed by atoms with Crippen LogP contribution in [0.4, 0.5) is 0 Å². The van der Waals surface area contributed by atoms with Crippen LogP contribution in [0.25, 0.3) is 0 Å². The molecule has 2 aromatic rings. The molecular formula is C19H24N4O3S. The van der Waals surface area contributed by atoms with Gasteiger partial charge in [-0.2, -0.15) is 0 Å². The van der Waals surface area contributed by atoms with Crippen molar-refractivity contribution in [1.82, 2.24) is 20.2 Å². The van der Waals surface area contributed by atoms with Crippen molar-refractivity contribution in [1.29, 1.82) is 0 Å². The van der Waals surface area contributed by atoms with Crippen LogP contribution in [0, 0.1) is 5.92 Å². The minimum atomic E-state index is -0.609. The van der Waals surface area contributed by atoms with E-state index in [1.165, 1.54) is 16.8 Å². The van der Waals surface area contributed by atoms with Gasteiger partial charge in [0, 0.05) is 42.7 Å². The second kappa shape index (κ2) is 8.43. The highest BCUT2D eigenvalue weighted by Gasteiger charge is 2.21. The summed E-state index contributed by atoms with van der Waals surface area (Å²) < 4.78 is 5.17. The Kier molecular flexibility index (Phi) is 5.77. The summed E-state index contributed by atoms with van der Waals surface area (Å²) in [5.74, 6) is 0.201. The molecule has 2 aromatic heterocycles. The first-order chi connectivity index (χ1) is 13.2. The molecule has 8 heteroatoms. The van der Waals surface area contributed by atoms with E-state index in [2.05, 4.69) is 31.6 Å². The molecule has 2 N–H and O–H groups in total. The van der Waals surface area contributed by atoms with Gasteiger partial charge in [0.1, 0.15) is 12.0 Å². The minimum absolute atomic E-state index is 0.210. The lowest BCUT2D eigenvalue weighted by molar-refractivity contribution is -0.0316. The van der Waals surface area contributed by atoms with Crippen molar-refractivity contribution in [3.63, 3.8) is 0 Å². The molecule has 1 fully saturated rings. The Balaban J connectivity index is 1.24. The fourth-order valence-electron chi connectivity index (χ4n) is 3.46. The molecule has 1 atom stereocenters. The summed E-state index contributed by atoms with van der Waals surface area (Å²) in [5.41, 5.74) is 2.55. The third kappa shape index (κ3) is 4.70. The number of nitrogens with one attached hydrogen (secondary N) is 1. The molecule has 0 bridgehead atoms. The van der Waals surface area contributed by atoms with Gasteiger partial charge in [-0.3, -0.25) is 9.69 Å². The van der Waals surface area contributed by atoms with Crippen LogP contribution in [0.2, 0.25) is 0 Å². The summed E-state index contributed by atoms with van der Waals surface area (Å²) in [6.45, 7) is 4.07. The maximum atomic E-state index is 12.3. The van der Waals surface area contributed by atoms with Crippen LogP contribution in [0.15, 0.2) is 23.8 Å². The van der Waals surface area contributed by atoms with Gasteiger partial charge in [0.2, 0.25) is 0 Å². The first-order valence-electron chi connectivity index (χ1n) is 9.30. The number of hydrogen-bond acceptors (Lipinski definition) is 7. The van der Waals surface area contributed by atoms with Gasteiger partial charge in [0.15, 0.2) is 0 Å². The normalized spacial score (nSPS) is 18.6. The van der Waals surface area contributed by atoms with E-state index in [1.54, 1.807) is 17.4 Å². The molecule has 0 saturated carbocycles. The third-order valence-electron chi connectivity index (χ3n) is 5.02. The first-order valence-corrected chi connectivity index (χ1v) is 10.2. The molecule has 1 saturated heterocycles. The van der Waals surface area contributed by atoms with Crippen molar-refractivity contribution in [2.45, 2.75) is 25.5 Å². The van der Waals surface area contributed by atoms with Crippen LogP contribution >= 0.6 is 11.3 Å². The van der Waals surface area contributed by atoms with Gasteiger partial charge >= 0.3 is 0 Å². The van der Waals surface area contributed by atoms with Gasteiger partial charge in [0.25, 0.3) is 5.91 Å². The molecule has 0 unspecified atom stereocenters. The van der Waals surface area contributed by atoms with Crippen LogP contribution in [-0.4, -0.2) is 64.8 Å². The van der Waals surface area contributed by atoms with E-state index in [9.17, 15) is 9.90 Å². The number of amides is 1. The standard InChI is InChI=1S/C19H24N4O3S/c24-16(9-23-3-1-18-14(8-23)2-4-27-18)7-20-19(25)17-6-15(21-12-22-17)5-13-10-26-11-13/h2,4,6,12-13,16,24H,1,3,5,7-11H2,(H,20,25)/t16-/m0/s1. The molecule has 27 heavy (non-hydrogen) atoms. The first kappa shape index (κ1) is 18.5. The van der Waals surface area contributed by atoms with Gasteiger partial charge in [0.05, 0.1) is 19.3 Å². The van der Waals surface area contributed by atoms with Crippen molar-refractivity contribution in [2.75, 3.05) is 32.8 Å². The third-order valence-corrected chi connectivity index (χ3v) is 6.04. The summed E-state index contributed by atoms with van der Waals surface area (Å²) in [6, 6.07) is 3.88. The number of aliphatic hydroxyl groups is 1. The summed E-state index contributed by atoms with van der Waals surface area (Å²) in [4.78, 5) is 24.3. The molecule has 0 aromatic carbocycles. The number of aromatic nitrogens is 2. The predicted molar refractivity (Wildman–Crippen MR) is 102 cm³/mol. The summed E-state index contributed by atoms with van der Waals surface area (Å²) >= 11 is 1.80. The molecule has 144 valence electrons. The van der Waals surface area contributed by atoms with E-state index in [-0.39, 0.29) is 12.5 Å². The number of carbonyl (C=O) groups is 1. The number of β-amino-alcohol motifs (C(OH)–C–C–N with tert-alkyl or cyclic N) is 1. The molecule has 2 aliphatic heterocycles. The van der Waals surface area contributed by atoms with Crippen LogP contribution in [0.5, 0.6) is 0 Å². The average molecular weight is 388 g/mol. The van der Waals surface area contributed by atoms with E-state index in [4.69, 9.17) is 4.74 Å². The molecule has 4 rings (SSSR count). The average Bonchev–Trinajstić information content (AvgIpc) is 3.11. The predicted octanol–water partition coefficient (Wildman–Crippen LogP) is 0.876. The number of nitrogens with zero attached hydrogens (tertiary/aromatic N) is 3. The van der Waals surface area contributed by atoms with Crippen LogP contribution in [0.3, 0.4) is 0 Å². The number of ether oxygens (including phenoxy) is 1. The number of fused-ring (bicyclic) bond motifs is 1. The van der Waals surface area contributed by atoms with E-state index < -0.39 is 6.10 Å². The fraction of sp³-hybridized carbons (Fsp3) is 0.526. The Morgan fingerprint density at radius 3 is 3.15 bits per heavy atom. The molecule has 2 aliphatic rings. The highest BCUT2D eigenvalue weighted by Crippen LogP contribution is 2.23. The Labute approximate surface area is 162 Å². The Bertz CT molecular complexity index is 793. The van der Waals surface area contributed by atoms with Gasteiger partial charge in [-0.25, -0.2) is 9.97 Å². The molecule has 0 radical (unpaired) electrons. The number of hydrogen-bond donors (Lipinski definition) is 2. The minimum Gasteiger partial charge on any atom is -0.390 e. The molecule has 0 spiro atoms. The zero-order chi connectivity index (χ0) is 18.6. The zero-order valence-corrected chi connectivity index (χ0v) is 16.0. The molecule has 0 aliphatic carbocycles. The SMILES string of the molecule is O=C(NC[C@H](O)CN1CCc2sccc2C1)c1cc(CC2COC2)ncn1. The molecule has 4 heterocycles. The van der Waals surface area contributed by atoms with E-state index in [0.717, 1.165) is 44.8 Å². The summed E-state index contributed by atoms with van der Waals surface area (Å²) in [5, 5.41) is 15.2. The maximum Gasteiger partial charge on any atom is 0.270 e. The van der Waals surface area contributed by atoms with Crippen molar-refractivity contribution in [2.24, 2.45) is 5.92 Å². The second-order valence-electron chi connectivity index (χ2n) is 7.22. The van der Waals surface area contributed by atoms with Crippen molar-refractivity contribution in [3.8, 4) is 0 Å². The van der Waals surface area contributed by atoms with Gasteiger partial charge < -0.3 is 15.2 Å². The number of thiophene rings is 1. The molecular weight excluding hydrogens is 364 g/mol. The van der Waals surface area contributed by atoms with E-state index >= 15 is 0 Å². The van der Waals surface area contributed by atoms with E-state index in [0.29, 0.717) is 18.2 Å². The summed E-state index contributed by atoms with van der Waals surface area (Å²) in [7, 11) is 0. The second-order valence-corrected chi connectivity index (χ2v) is 8.22. The van der Waals surface area contributed by atoms with Crippen LogP contribution in [0.1, 0.15) is 26.6 Å². The lowest BCUT2D eigenvalue weighted by Crippen LogP contribution is -2.41. The number of aliphatic hydroxyl groups excluding tert-OH is 1. The number of rotatable bonds is 7. The summed E-state index contributed by atoms with van der Waals surface area (Å²) in [6.07, 6.45) is 2.64. The Morgan fingerprint density at radius 1 is 1.44 bits per heavy atom. The van der Waals surface area contributed by atoms with Crippen LogP contribution in [-0.2, 0) is 24.1 Å². The van der Waals surface area contributed by atoms with Gasteiger partial charge in [-0.1, -0.05) is 0 Å². The quantitative estimate of drug-likeness (QED) is 0.732. The van der Waals surface area contributed by atoms with Crippen LogP contribution < -0.4 is 5.32 Å². The van der Waals surface area contributed by atoms with E-state index in [1.807, 2.05) is 0 Å². The largest absolute Gasteiger partial charge is 0.390 e. The highest BCUT2D eigenvalue weighted by molar-refractivity contribution is 7.10. The fourth-order valence-corrected chi connectivity index (χ4v) is 4.35. The Morgan fingerprint density at radius 2 is 2.33 bits per heavy atom. The van der Waals surface area contributed by atoms with Crippen molar-refractivity contribution < 1.29 is 14.6 Å². The lowest BCUT2D eigenvalue weighted by Gasteiger charge is -2.28. The maximum absolute atomic E-state index is 12.3. The van der Waals surface area contributed by atoms with Crippen molar-refractivity contribution in [3.05, 3.63) is 45.7 Å². The highest BCUT2D eigenvalue weighted by atomic mass is 32.1. The molecule has 1 amide bonds. The number of carbonyl (C=O) groups excluding carboxylic acids is 1. The van der Waals surface area contributed by atoms with Crippen molar-refractivity contribution >= 4 is 17.2 Å². The molecule has 7 nitrogen and oxygen atoms in total.